The van der Waals surface area contributed by atoms with Crippen molar-refractivity contribution >= 4 is 39.2 Å². The molecule has 1 spiro atoms. The van der Waals surface area contributed by atoms with Crippen LogP contribution < -0.4 is 0 Å². The average molecular weight is 452 g/mol. The van der Waals surface area contributed by atoms with Crippen molar-refractivity contribution in [3.63, 3.8) is 0 Å². The minimum Gasteiger partial charge on any atom is -0.453 e. The number of nitrogens with zero attached hydrogens (tertiary/aromatic N) is 5. The van der Waals surface area contributed by atoms with Crippen LogP contribution in [0.15, 0.2) is 18.6 Å². The lowest BCUT2D eigenvalue weighted by Crippen LogP contribution is -2.64. The van der Waals surface area contributed by atoms with Crippen LogP contribution in [-0.2, 0) is 9.47 Å². The van der Waals surface area contributed by atoms with Crippen LogP contribution in [-0.4, -0.2) is 89.3 Å². The Morgan fingerprint density at radius 2 is 2.13 bits per heavy atom. The molecule has 3 fully saturated rings. The predicted octanol–water partition coefficient (Wildman–Crippen LogP) is 2.75. The molecule has 2 atom stereocenters. The van der Waals surface area contributed by atoms with Crippen molar-refractivity contribution in [2.24, 2.45) is 5.41 Å². The summed E-state index contributed by atoms with van der Waals surface area (Å²) in [4.78, 5) is 28.5. The Bertz CT molecular complexity index is 878. The Kier molecular flexibility index (Phi) is 5.57. The lowest BCUT2D eigenvalue weighted by atomic mass is 9.71. The van der Waals surface area contributed by atoms with Crippen molar-refractivity contribution in [1.29, 1.82) is 0 Å². The minimum absolute atomic E-state index is 0.165. The van der Waals surface area contributed by atoms with E-state index >= 15 is 0 Å². The van der Waals surface area contributed by atoms with Crippen LogP contribution in [0.3, 0.4) is 0 Å². The van der Waals surface area contributed by atoms with E-state index in [0.29, 0.717) is 13.2 Å². The van der Waals surface area contributed by atoms with Crippen LogP contribution in [0.5, 0.6) is 0 Å². The Labute approximate surface area is 184 Å². The second kappa shape index (κ2) is 8.20. The zero-order chi connectivity index (χ0) is 20.7. The van der Waals surface area contributed by atoms with E-state index in [9.17, 15) is 4.79 Å². The molecular formula is C20H26ClN5O3S. The number of hydrogen-bond donors (Lipinski definition) is 0. The monoisotopic (exact) mass is 451 g/mol. The SMILES string of the molecule is COC(=O)N1CCC2(CC1)CN(C(c1cc3ncncc3s1)N1CCOC(Cl)C1)C2. The first-order valence-electron chi connectivity index (χ1n) is 10.3. The van der Waals surface area contributed by atoms with Crippen LogP contribution in [0, 0.1) is 5.41 Å². The van der Waals surface area contributed by atoms with Gasteiger partial charge in [0, 0.05) is 50.3 Å². The summed E-state index contributed by atoms with van der Waals surface area (Å²) >= 11 is 8.10. The van der Waals surface area contributed by atoms with E-state index in [1.54, 1.807) is 17.7 Å². The van der Waals surface area contributed by atoms with Gasteiger partial charge in [-0.3, -0.25) is 9.80 Å². The summed E-state index contributed by atoms with van der Waals surface area (Å²) in [5.74, 6) is 0. The molecule has 10 heteroatoms. The molecule has 3 aliphatic rings. The maximum Gasteiger partial charge on any atom is 0.409 e. The molecule has 5 heterocycles. The number of thiophene rings is 1. The van der Waals surface area contributed by atoms with Crippen molar-refractivity contribution in [3.8, 4) is 0 Å². The van der Waals surface area contributed by atoms with E-state index in [-0.39, 0.29) is 23.2 Å². The van der Waals surface area contributed by atoms with Crippen molar-refractivity contribution in [1.82, 2.24) is 24.7 Å². The summed E-state index contributed by atoms with van der Waals surface area (Å²) in [6.07, 6.45) is 5.47. The predicted molar refractivity (Wildman–Crippen MR) is 115 cm³/mol. The van der Waals surface area contributed by atoms with E-state index < -0.39 is 0 Å². The van der Waals surface area contributed by atoms with Gasteiger partial charge in [-0.1, -0.05) is 11.6 Å². The van der Waals surface area contributed by atoms with Gasteiger partial charge in [-0.15, -0.1) is 11.3 Å². The van der Waals surface area contributed by atoms with E-state index in [0.717, 1.165) is 55.8 Å². The van der Waals surface area contributed by atoms with E-state index in [1.807, 2.05) is 11.1 Å². The summed E-state index contributed by atoms with van der Waals surface area (Å²) in [7, 11) is 1.45. The molecule has 5 rings (SSSR count). The summed E-state index contributed by atoms with van der Waals surface area (Å²) < 4.78 is 11.6. The highest BCUT2D eigenvalue weighted by Gasteiger charge is 2.49. The largest absolute Gasteiger partial charge is 0.453 e. The summed E-state index contributed by atoms with van der Waals surface area (Å²) in [5, 5.41) is 0. The molecule has 8 nitrogen and oxygen atoms in total. The van der Waals surface area contributed by atoms with E-state index in [1.165, 1.54) is 12.0 Å². The topological polar surface area (TPSA) is 71.0 Å². The molecule has 162 valence electrons. The molecule has 30 heavy (non-hydrogen) atoms. The maximum atomic E-state index is 11.8. The van der Waals surface area contributed by atoms with Crippen LogP contribution >= 0.6 is 22.9 Å². The normalized spacial score (nSPS) is 25.9. The molecule has 2 aromatic rings. The fraction of sp³-hybridized carbons (Fsp3) is 0.650. The van der Waals surface area contributed by atoms with Gasteiger partial charge >= 0.3 is 6.09 Å². The smallest absolute Gasteiger partial charge is 0.409 e. The van der Waals surface area contributed by atoms with Crippen LogP contribution in [0.1, 0.15) is 23.9 Å². The third kappa shape index (κ3) is 3.78. The van der Waals surface area contributed by atoms with Crippen molar-refractivity contribution < 1.29 is 14.3 Å². The van der Waals surface area contributed by atoms with Gasteiger partial charge in [-0.05, 0) is 24.3 Å². The first-order chi connectivity index (χ1) is 14.6. The van der Waals surface area contributed by atoms with Gasteiger partial charge in [0.1, 0.15) is 11.9 Å². The molecule has 1 amide bonds. The number of amides is 1. The number of carbonyl (C=O) groups is 1. The lowest BCUT2D eigenvalue weighted by molar-refractivity contribution is -0.127. The summed E-state index contributed by atoms with van der Waals surface area (Å²) in [5.41, 5.74) is 0.993. The van der Waals surface area contributed by atoms with Gasteiger partial charge in [0.05, 0.1) is 30.1 Å². The number of likely N-dealkylation sites (tertiary alicyclic amines) is 2. The number of methoxy groups -OCH3 is 1. The molecule has 2 aromatic heterocycles. The minimum atomic E-state index is -0.283. The summed E-state index contributed by atoms with van der Waals surface area (Å²) in [6, 6.07) is 2.19. The standard InChI is InChI=1S/C20H26ClN5O3S/c1-28-19(27)24-4-2-20(3-5-24)11-26(12-20)18(25-6-7-29-17(21)10-25)15-8-14-16(30-15)9-22-13-23-14/h8-9,13,17-18H,2-7,10-12H2,1H3. The molecule has 0 N–H and O–H groups in total. The molecule has 0 aliphatic carbocycles. The Balaban J connectivity index is 1.34. The Hall–Kier alpha value is -1.52. The number of ether oxygens (including phenoxy) is 2. The van der Waals surface area contributed by atoms with Gasteiger partial charge in [0.15, 0.2) is 0 Å². The molecule has 0 aromatic carbocycles. The highest BCUT2D eigenvalue weighted by molar-refractivity contribution is 7.19. The van der Waals surface area contributed by atoms with Gasteiger partial charge in [-0.2, -0.15) is 0 Å². The van der Waals surface area contributed by atoms with Crippen LogP contribution in [0.25, 0.3) is 10.2 Å². The number of morpholine rings is 1. The number of carbonyl (C=O) groups excluding carboxylic acids is 1. The van der Waals surface area contributed by atoms with Gasteiger partial charge in [0.25, 0.3) is 0 Å². The second-order valence-electron chi connectivity index (χ2n) is 8.43. The van der Waals surface area contributed by atoms with Crippen LogP contribution in [0.4, 0.5) is 4.79 Å². The average Bonchev–Trinajstić information content (AvgIpc) is 3.16. The number of aromatic nitrogens is 2. The van der Waals surface area contributed by atoms with E-state index in [4.69, 9.17) is 21.1 Å². The fourth-order valence-corrected chi connectivity index (χ4v) is 6.39. The molecule has 0 bridgehead atoms. The Morgan fingerprint density at radius 3 is 2.83 bits per heavy atom. The zero-order valence-corrected chi connectivity index (χ0v) is 18.6. The first kappa shape index (κ1) is 20.4. The highest BCUT2D eigenvalue weighted by atomic mass is 35.5. The molecule has 3 saturated heterocycles. The second-order valence-corrected chi connectivity index (χ2v) is 10.0. The van der Waals surface area contributed by atoms with Crippen molar-refractivity contribution in [2.45, 2.75) is 24.6 Å². The Morgan fingerprint density at radius 1 is 1.33 bits per heavy atom. The number of hydrogen-bond acceptors (Lipinski definition) is 8. The third-order valence-corrected chi connectivity index (χ3v) is 7.91. The zero-order valence-electron chi connectivity index (χ0n) is 17.0. The summed E-state index contributed by atoms with van der Waals surface area (Å²) in [6.45, 7) is 5.78. The number of alkyl halides is 1. The van der Waals surface area contributed by atoms with Gasteiger partial charge in [-0.25, -0.2) is 14.8 Å². The molecule has 2 unspecified atom stereocenters. The van der Waals surface area contributed by atoms with E-state index in [2.05, 4.69) is 25.8 Å². The molecule has 3 aliphatic heterocycles. The highest BCUT2D eigenvalue weighted by Crippen LogP contribution is 2.46. The maximum absolute atomic E-state index is 11.8. The quantitative estimate of drug-likeness (QED) is 0.664. The number of rotatable bonds is 3. The van der Waals surface area contributed by atoms with Gasteiger partial charge < -0.3 is 14.4 Å². The number of piperidine rings is 1. The molecule has 0 radical (unpaired) electrons. The van der Waals surface area contributed by atoms with Crippen LogP contribution in [0.2, 0.25) is 0 Å². The number of halogens is 1. The third-order valence-electron chi connectivity index (χ3n) is 6.55. The lowest BCUT2D eigenvalue weighted by Gasteiger charge is -2.58. The first-order valence-corrected chi connectivity index (χ1v) is 11.6. The number of fused-ring (bicyclic) bond motifs is 1. The van der Waals surface area contributed by atoms with Crippen molar-refractivity contribution in [3.05, 3.63) is 23.5 Å². The van der Waals surface area contributed by atoms with Gasteiger partial charge in [0.2, 0.25) is 0 Å². The molecule has 0 saturated carbocycles. The fourth-order valence-electron chi connectivity index (χ4n) is 4.97. The van der Waals surface area contributed by atoms with Crippen molar-refractivity contribution in [2.75, 3.05) is 53.0 Å². The molecular weight excluding hydrogens is 426 g/mol.